The molecule has 152 valence electrons. The van der Waals surface area contributed by atoms with Gasteiger partial charge in [-0.3, -0.25) is 0 Å². The van der Waals surface area contributed by atoms with Crippen molar-refractivity contribution in [2.75, 3.05) is 12.4 Å². The molecule has 4 aromatic heterocycles. The topological polar surface area (TPSA) is 105 Å². The predicted molar refractivity (Wildman–Crippen MR) is 111 cm³/mol. The summed E-state index contributed by atoms with van der Waals surface area (Å²) in [5, 5.41) is 21.6. The van der Waals surface area contributed by atoms with Crippen molar-refractivity contribution in [3.8, 4) is 23.1 Å². The lowest BCUT2D eigenvalue weighted by Crippen LogP contribution is -2.31. The number of hydrogen-bond acceptors (Lipinski definition) is 7. The van der Waals surface area contributed by atoms with Gasteiger partial charge in [-0.05, 0) is 50.8 Å². The lowest BCUT2D eigenvalue weighted by atomic mass is 9.75. The molecule has 5 rings (SSSR count). The van der Waals surface area contributed by atoms with E-state index in [9.17, 15) is 5.26 Å². The molecule has 9 nitrogen and oxygen atoms in total. The van der Waals surface area contributed by atoms with Gasteiger partial charge in [-0.2, -0.15) is 15.3 Å². The molecular weight excluding hydrogens is 380 g/mol. The minimum atomic E-state index is -0.221. The monoisotopic (exact) mass is 402 g/mol. The van der Waals surface area contributed by atoms with E-state index in [-0.39, 0.29) is 11.5 Å². The van der Waals surface area contributed by atoms with Crippen LogP contribution in [0.4, 0.5) is 5.95 Å². The second-order valence-electron chi connectivity index (χ2n) is 8.04. The molecule has 0 bridgehead atoms. The van der Waals surface area contributed by atoms with E-state index in [1.54, 1.807) is 16.1 Å². The number of ether oxygens (including phenoxy) is 1. The van der Waals surface area contributed by atoms with Crippen LogP contribution in [0, 0.1) is 16.7 Å². The highest BCUT2D eigenvalue weighted by Gasteiger charge is 2.31. The van der Waals surface area contributed by atoms with Crippen LogP contribution in [0.25, 0.3) is 22.3 Å². The van der Waals surface area contributed by atoms with Crippen LogP contribution in [-0.2, 0) is 0 Å². The lowest BCUT2D eigenvalue weighted by Gasteiger charge is -2.32. The number of pyridine rings is 1. The number of hydrogen-bond donors (Lipinski definition) is 1. The molecule has 0 radical (unpaired) electrons. The van der Waals surface area contributed by atoms with E-state index in [4.69, 9.17) is 4.74 Å². The van der Waals surface area contributed by atoms with E-state index in [1.165, 1.54) is 6.33 Å². The van der Waals surface area contributed by atoms with Crippen molar-refractivity contribution in [2.24, 2.45) is 5.41 Å². The van der Waals surface area contributed by atoms with Crippen molar-refractivity contribution < 1.29 is 4.74 Å². The van der Waals surface area contributed by atoms with Crippen molar-refractivity contribution in [1.29, 1.82) is 5.26 Å². The minimum absolute atomic E-state index is 0.221. The number of anilines is 1. The number of nitrogens with zero attached hydrogens (tertiary/aromatic N) is 7. The van der Waals surface area contributed by atoms with Crippen LogP contribution in [-0.4, -0.2) is 42.3 Å². The van der Waals surface area contributed by atoms with Crippen LogP contribution in [0.15, 0.2) is 36.9 Å². The Hall–Kier alpha value is -3.67. The number of methoxy groups -OCH3 is 1. The van der Waals surface area contributed by atoms with Gasteiger partial charge in [0, 0.05) is 29.6 Å². The average molecular weight is 402 g/mol. The molecule has 0 saturated heterocycles. The first kappa shape index (κ1) is 18.4. The maximum absolute atomic E-state index is 9.33. The fraction of sp³-hybridized carbons (Fsp3) is 0.381. The third-order valence-corrected chi connectivity index (χ3v) is 5.95. The van der Waals surface area contributed by atoms with Crippen LogP contribution in [0.5, 0.6) is 5.88 Å². The van der Waals surface area contributed by atoms with Gasteiger partial charge in [-0.25, -0.2) is 14.0 Å². The number of rotatable bonds is 4. The van der Waals surface area contributed by atoms with E-state index in [0.717, 1.165) is 48.0 Å². The second-order valence-corrected chi connectivity index (χ2v) is 8.04. The summed E-state index contributed by atoms with van der Waals surface area (Å²) in [4.78, 5) is 8.81. The summed E-state index contributed by atoms with van der Waals surface area (Å²) in [6.45, 7) is 2.03. The average Bonchev–Trinajstić information content (AvgIpc) is 3.41. The van der Waals surface area contributed by atoms with Gasteiger partial charge in [-0.1, -0.05) is 0 Å². The van der Waals surface area contributed by atoms with Gasteiger partial charge in [0.1, 0.15) is 11.8 Å². The molecule has 1 fully saturated rings. The smallest absolute Gasteiger partial charge is 0.244 e. The molecule has 0 aromatic carbocycles. The third kappa shape index (κ3) is 3.10. The Bertz CT molecular complexity index is 1260. The van der Waals surface area contributed by atoms with Gasteiger partial charge in [0.05, 0.1) is 18.6 Å². The van der Waals surface area contributed by atoms with E-state index in [0.29, 0.717) is 11.8 Å². The standard InChI is InChI=1S/C21H22N8O/c1-21(12-22)8-5-15(6-9-21)25-20-26-19(30-2)18-16(7-10-28(18)27-20)14-3-4-17-23-13-24-29(17)11-14/h3-4,7,10-11,13,15H,5-6,8-9H2,1-2H3,(H,25,27). The Labute approximate surface area is 173 Å². The molecule has 0 unspecified atom stereocenters. The zero-order valence-corrected chi connectivity index (χ0v) is 16.9. The molecule has 0 amide bonds. The maximum atomic E-state index is 9.33. The highest BCUT2D eigenvalue weighted by atomic mass is 16.5. The minimum Gasteiger partial charge on any atom is -0.479 e. The normalized spacial score (nSPS) is 21.6. The van der Waals surface area contributed by atoms with Crippen molar-refractivity contribution in [3.63, 3.8) is 0 Å². The van der Waals surface area contributed by atoms with Gasteiger partial charge in [0.15, 0.2) is 5.65 Å². The molecule has 0 atom stereocenters. The Balaban J connectivity index is 1.46. The summed E-state index contributed by atoms with van der Waals surface area (Å²) in [7, 11) is 1.61. The Kier molecular flexibility index (Phi) is 4.28. The first-order chi connectivity index (χ1) is 14.6. The summed E-state index contributed by atoms with van der Waals surface area (Å²) < 4.78 is 9.14. The van der Waals surface area contributed by atoms with Gasteiger partial charge >= 0.3 is 0 Å². The summed E-state index contributed by atoms with van der Waals surface area (Å²) in [6, 6.07) is 8.61. The second kappa shape index (κ2) is 6.99. The lowest BCUT2D eigenvalue weighted by molar-refractivity contribution is 0.279. The fourth-order valence-corrected chi connectivity index (χ4v) is 4.10. The highest BCUT2D eigenvalue weighted by Crippen LogP contribution is 2.36. The van der Waals surface area contributed by atoms with Crippen LogP contribution in [0.1, 0.15) is 32.6 Å². The van der Waals surface area contributed by atoms with Crippen LogP contribution in [0.2, 0.25) is 0 Å². The third-order valence-electron chi connectivity index (χ3n) is 5.95. The fourth-order valence-electron chi connectivity index (χ4n) is 4.10. The zero-order valence-electron chi connectivity index (χ0n) is 16.9. The van der Waals surface area contributed by atoms with Crippen LogP contribution < -0.4 is 10.1 Å². The Morgan fingerprint density at radius 2 is 2.07 bits per heavy atom. The molecule has 9 heteroatoms. The first-order valence-electron chi connectivity index (χ1n) is 9.99. The molecule has 1 saturated carbocycles. The number of nitriles is 1. The summed E-state index contributed by atoms with van der Waals surface area (Å²) in [5.41, 5.74) is 3.29. The summed E-state index contributed by atoms with van der Waals surface area (Å²) in [6.07, 6.45) is 8.95. The van der Waals surface area contributed by atoms with E-state index in [1.807, 2.05) is 37.5 Å². The van der Waals surface area contributed by atoms with Crippen molar-refractivity contribution in [3.05, 3.63) is 36.9 Å². The molecular formula is C21H22N8O. The van der Waals surface area contributed by atoms with Crippen LogP contribution >= 0.6 is 0 Å². The summed E-state index contributed by atoms with van der Waals surface area (Å²) in [5.74, 6) is 1.03. The molecule has 0 spiro atoms. The first-order valence-corrected chi connectivity index (χ1v) is 9.99. The maximum Gasteiger partial charge on any atom is 0.244 e. The van der Waals surface area contributed by atoms with Gasteiger partial charge in [0.25, 0.3) is 0 Å². The molecule has 4 aromatic rings. The molecule has 1 aliphatic rings. The number of fused-ring (bicyclic) bond motifs is 2. The van der Waals surface area contributed by atoms with E-state index in [2.05, 4.69) is 31.6 Å². The Morgan fingerprint density at radius 1 is 1.23 bits per heavy atom. The predicted octanol–water partition coefficient (Wildman–Crippen LogP) is 3.33. The SMILES string of the molecule is COc1nc(NC2CCC(C)(C#N)CC2)nn2ccc(-c3ccc4ncnn4c3)c12. The van der Waals surface area contributed by atoms with Gasteiger partial charge < -0.3 is 10.1 Å². The molecule has 4 heterocycles. The molecule has 30 heavy (non-hydrogen) atoms. The molecule has 1 N–H and O–H groups in total. The van der Waals surface area contributed by atoms with Crippen molar-refractivity contribution in [1.82, 2.24) is 29.2 Å². The zero-order chi connectivity index (χ0) is 20.7. The number of aromatic nitrogens is 6. The molecule has 0 aliphatic heterocycles. The highest BCUT2D eigenvalue weighted by molar-refractivity contribution is 5.84. The number of nitrogens with one attached hydrogen (secondary N) is 1. The Morgan fingerprint density at radius 3 is 2.83 bits per heavy atom. The van der Waals surface area contributed by atoms with E-state index < -0.39 is 0 Å². The largest absolute Gasteiger partial charge is 0.479 e. The summed E-state index contributed by atoms with van der Waals surface area (Å²) >= 11 is 0. The van der Waals surface area contributed by atoms with E-state index >= 15 is 0 Å². The van der Waals surface area contributed by atoms with Gasteiger partial charge in [-0.15, -0.1) is 5.10 Å². The molecule has 1 aliphatic carbocycles. The van der Waals surface area contributed by atoms with Crippen LogP contribution in [0.3, 0.4) is 0 Å². The van der Waals surface area contributed by atoms with Gasteiger partial charge in [0.2, 0.25) is 11.8 Å². The quantitative estimate of drug-likeness (QED) is 0.558. The van der Waals surface area contributed by atoms with Crippen molar-refractivity contribution >= 4 is 17.1 Å². The van der Waals surface area contributed by atoms with Crippen molar-refractivity contribution in [2.45, 2.75) is 38.6 Å².